The summed E-state index contributed by atoms with van der Waals surface area (Å²) in [5.74, 6) is 0. The molecule has 0 saturated carbocycles. The first-order chi connectivity index (χ1) is 8.69. The molecule has 0 saturated heterocycles. The van der Waals surface area contributed by atoms with E-state index >= 15 is 0 Å². The first-order valence-corrected chi connectivity index (χ1v) is 8.27. The highest BCUT2D eigenvalue weighted by atomic mass is 32.2. The molecule has 0 aromatic heterocycles. The number of thioether (sulfide) groups is 1. The van der Waals surface area contributed by atoms with Gasteiger partial charge >= 0.3 is 0 Å². The Hall–Kier alpha value is -0.690. The smallest absolute Gasteiger partial charge is 0.0142 e. The van der Waals surface area contributed by atoms with Crippen LogP contribution < -0.4 is 0 Å². The van der Waals surface area contributed by atoms with Gasteiger partial charge in [-0.2, -0.15) is 0 Å². The Morgan fingerprint density at radius 3 is 2.06 bits per heavy atom. The van der Waals surface area contributed by atoms with Gasteiger partial charge in [-0.05, 0) is 48.6 Å². The minimum Gasteiger partial charge on any atom is -0.137 e. The molecular weight excluding hydrogens is 236 g/mol. The Morgan fingerprint density at radius 2 is 1.67 bits per heavy atom. The number of rotatable bonds is 3. The van der Waals surface area contributed by atoms with E-state index in [2.05, 4.69) is 50.6 Å². The number of benzene rings is 1. The van der Waals surface area contributed by atoms with E-state index in [9.17, 15) is 0 Å². The lowest BCUT2D eigenvalue weighted by atomic mass is 9.98. The van der Waals surface area contributed by atoms with Crippen LogP contribution in [0.5, 0.6) is 0 Å². The van der Waals surface area contributed by atoms with Gasteiger partial charge in [0.1, 0.15) is 0 Å². The fourth-order valence-corrected chi connectivity index (χ4v) is 2.23. The summed E-state index contributed by atoms with van der Waals surface area (Å²) in [5.41, 5.74) is 5.56. The molecule has 0 heterocycles. The maximum Gasteiger partial charge on any atom is -0.0142 e. The molecule has 0 fully saturated rings. The fraction of sp³-hybridized carbons (Fsp3) is 0.529. The third kappa shape index (κ3) is 6.90. The predicted octanol–water partition coefficient (Wildman–Crippen LogP) is 6.47. The number of hydrogen-bond acceptors (Lipinski definition) is 1. The van der Waals surface area contributed by atoms with Crippen LogP contribution in [0.4, 0.5) is 0 Å². The molecule has 18 heavy (non-hydrogen) atoms. The SMILES string of the molecule is CC.CC.CC/C(=C\SC)c1ccc(C)cc1C. The van der Waals surface area contributed by atoms with Crippen LogP contribution in [0.15, 0.2) is 23.6 Å². The molecule has 0 amide bonds. The Bertz CT molecular complexity index is 337. The van der Waals surface area contributed by atoms with Crippen LogP contribution in [0, 0.1) is 13.8 Å². The topological polar surface area (TPSA) is 0 Å². The van der Waals surface area contributed by atoms with E-state index < -0.39 is 0 Å². The second kappa shape index (κ2) is 12.8. The van der Waals surface area contributed by atoms with Gasteiger partial charge in [0.2, 0.25) is 0 Å². The maximum atomic E-state index is 2.25. The van der Waals surface area contributed by atoms with Crippen molar-refractivity contribution >= 4 is 17.3 Å². The van der Waals surface area contributed by atoms with Crippen molar-refractivity contribution in [2.75, 3.05) is 6.26 Å². The van der Waals surface area contributed by atoms with E-state index in [1.54, 1.807) is 11.8 Å². The van der Waals surface area contributed by atoms with Gasteiger partial charge in [0.05, 0.1) is 0 Å². The van der Waals surface area contributed by atoms with Crippen LogP contribution in [0.3, 0.4) is 0 Å². The molecule has 0 aliphatic heterocycles. The lowest BCUT2D eigenvalue weighted by Crippen LogP contribution is -1.88. The second-order valence-electron chi connectivity index (χ2n) is 3.55. The Labute approximate surface area is 119 Å². The van der Waals surface area contributed by atoms with Gasteiger partial charge in [-0.1, -0.05) is 58.4 Å². The van der Waals surface area contributed by atoms with Crippen molar-refractivity contribution in [1.29, 1.82) is 0 Å². The van der Waals surface area contributed by atoms with E-state index in [1.807, 2.05) is 27.7 Å². The average Bonchev–Trinajstić information content (AvgIpc) is 2.41. The summed E-state index contributed by atoms with van der Waals surface area (Å²) in [5, 5.41) is 2.25. The fourth-order valence-electron chi connectivity index (χ4n) is 1.65. The summed E-state index contributed by atoms with van der Waals surface area (Å²) >= 11 is 1.78. The summed E-state index contributed by atoms with van der Waals surface area (Å²) in [6, 6.07) is 6.67. The minimum absolute atomic E-state index is 1.10. The van der Waals surface area contributed by atoms with Crippen molar-refractivity contribution in [2.24, 2.45) is 0 Å². The highest BCUT2D eigenvalue weighted by Crippen LogP contribution is 2.24. The van der Waals surface area contributed by atoms with Crippen molar-refractivity contribution in [3.8, 4) is 0 Å². The predicted molar refractivity (Wildman–Crippen MR) is 90.4 cm³/mol. The van der Waals surface area contributed by atoms with Crippen molar-refractivity contribution in [2.45, 2.75) is 54.9 Å². The molecule has 0 N–H and O–H groups in total. The molecule has 1 heteroatoms. The molecule has 0 nitrogen and oxygen atoms in total. The summed E-state index contributed by atoms with van der Waals surface area (Å²) in [6.45, 7) is 14.5. The van der Waals surface area contributed by atoms with E-state index in [4.69, 9.17) is 0 Å². The van der Waals surface area contributed by atoms with Crippen LogP contribution in [0.25, 0.3) is 5.57 Å². The van der Waals surface area contributed by atoms with E-state index in [0.717, 1.165) is 6.42 Å². The molecule has 1 aromatic rings. The van der Waals surface area contributed by atoms with Gasteiger partial charge in [0.15, 0.2) is 0 Å². The van der Waals surface area contributed by atoms with Crippen LogP contribution in [-0.2, 0) is 0 Å². The van der Waals surface area contributed by atoms with Crippen molar-refractivity contribution in [1.82, 2.24) is 0 Å². The molecule has 1 rings (SSSR count). The molecule has 104 valence electrons. The zero-order valence-corrected chi connectivity index (χ0v) is 14.2. The zero-order valence-electron chi connectivity index (χ0n) is 13.4. The molecule has 0 spiro atoms. The monoisotopic (exact) mass is 266 g/mol. The van der Waals surface area contributed by atoms with Gasteiger partial charge in [0, 0.05) is 0 Å². The Balaban J connectivity index is 0. The number of hydrogen-bond donors (Lipinski definition) is 0. The standard InChI is InChI=1S/C13H18S.2C2H6/c1-5-12(9-14-4)13-7-6-10(2)8-11(13)3;2*1-2/h6-9H,5H2,1-4H3;2*1-2H3/b12-9+;;. The summed E-state index contributed by atoms with van der Waals surface area (Å²) < 4.78 is 0. The quantitative estimate of drug-likeness (QED) is 0.604. The van der Waals surface area contributed by atoms with Gasteiger partial charge in [-0.25, -0.2) is 0 Å². The Kier molecular flexibility index (Phi) is 13.9. The second-order valence-corrected chi connectivity index (χ2v) is 4.26. The summed E-state index contributed by atoms with van der Waals surface area (Å²) in [7, 11) is 0. The lowest BCUT2D eigenvalue weighted by molar-refractivity contribution is 1.22. The zero-order chi connectivity index (χ0) is 14.6. The molecule has 0 unspecified atom stereocenters. The van der Waals surface area contributed by atoms with Gasteiger partial charge in [-0.15, -0.1) is 11.8 Å². The van der Waals surface area contributed by atoms with E-state index in [1.165, 1.54) is 22.3 Å². The van der Waals surface area contributed by atoms with Gasteiger partial charge in [0.25, 0.3) is 0 Å². The largest absolute Gasteiger partial charge is 0.137 e. The van der Waals surface area contributed by atoms with Crippen molar-refractivity contribution in [3.05, 3.63) is 40.3 Å². The molecule has 0 radical (unpaired) electrons. The van der Waals surface area contributed by atoms with E-state index in [-0.39, 0.29) is 0 Å². The number of aryl methyl sites for hydroxylation is 2. The molecular formula is C17H30S. The first-order valence-electron chi connectivity index (χ1n) is 6.98. The number of allylic oxidation sites excluding steroid dienone is 1. The van der Waals surface area contributed by atoms with E-state index in [0.29, 0.717) is 0 Å². The van der Waals surface area contributed by atoms with Gasteiger partial charge < -0.3 is 0 Å². The molecule has 0 bridgehead atoms. The first kappa shape index (κ1) is 19.6. The third-order valence-electron chi connectivity index (χ3n) is 2.37. The summed E-state index contributed by atoms with van der Waals surface area (Å²) in [6.07, 6.45) is 3.21. The Morgan fingerprint density at radius 1 is 1.11 bits per heavy atom. The molecule has 1 aromatic carbocycles. The average molecular weight is 266 g/mol. The molecule has 0 aliphatic rings. The van der Waals surface area contributed by atoms with Crippen LogP contribution in [0.1, 0.15) is 57.7 Å². The lowest BCUT2D eigenvalue weighted by Gasteiger charge is -2.09. The normalized spacial score (nSPS) is 9.89. The van der Waals surface area contributed by atoms with Crippen LogP contribution in [-0.4, -0.2) is 6.26 Å². The third-order valence-corrected chi connectivity index (χ3v) is 2.89. The molecule has 0 atom stereocenters. The molecule has 0 aliphatic carbocycles. The van der Waals surface area contributed by atoms with Crippen LogP contribution in [0.2, 0.25) is 0 Å². The van der Waals surface area contributed by atoms with Crippen LogP contribution >= 0.6 is 11.8 Å². The maximum absolute atomic E-state index is 2.25. The van der Waals surface area contributed by atoms with Crippen molar-refractivity contribution < 1.29 is 0 Å². The van der Waals surface area contributed by atoms with Crippen molar-refractivity contribution in [3.63, 3.8) is 0 Å². The minimum atomic E-state index is 1.10. The van der Waals surface area contributed by atoms with Gasteiger partial charge in [-0.3, -0.25) is 0 Å². The summed E-state index contributed by atoms with van der Waals surface area (Å²) in [4.78, 5) is 0. The highest BCUT2D eigenvalue weighted by molar-refractivity contribution is 8.01. The highest BCUT2D eigenvalue weighted by Gasteiger charge is 2.02.